The van der Waals surface area contributed by atoms with Crippen LogP contribution in [0.5, 0.6) is 0 Å². The highest BCUT2D eigenvalue weighted by molar-refractivity contribution is 5.80. The van der Waals surface area contributed by atoms with Crippen molar-refractivity contribution in [1.82, 2.24) is 5.32 Å². The summed E-state index contributed by atoms with van der Waals surface area (Å²) < 4.78 is 0. The summed E-state index contributed by atoms with van der Waals surface area (Å²) in [6, 6.07) is 0. The zero-order chi connectivity index (χ0) is 15.5. The van der Waals surface area contributed by atoms with Crippen molar-refractivity contribution in [2.45, 2.75) is 77.6 Å². The molecule has 1 amide bonds. The van der Waals surface area contributed by atoms with Gasteiger partial charge in [0.1, 0.15) is 0 Å². The van der Waals surface area contributed by atoms with Gasteiger partial charge in [0.15, 0.2) is 0 Å². The smallest absolute Gasteiger partial charge is 0.306 e. The van der Waals surface area contributed by atoms with E-state index in [1.807, 2.05) is 0 Å². The number of hydrogen-bond acceptors (Lipinski definition) is 2. The van der Waals surface area contributed by atoms with Crippen molar-refractivity contribution in [3.05, 3.63) is 0 Å². The summed E-state index contributed by atoms with van der Waals surface area (Å²) in [4.78, 5) is 22.8. The number of carbonyl (C=O) groups is 2. The first-order valence-electron chi connectivity index (χ1n) is 8.65. The number of rotatable bonds is 11. The number of carbonyl (C=O) groups excluding carboxylic acids is 1. The van der Waals surface area contributed by atoms with Gasteiger partial charge in [-0.15, -0.1) is 0 Å². The van der Waals surface area contributed by atoms with E-state index >= 15 is 0 Å². The van der Waals surface area contributed by atoms with Crippen molar-refractivity contribution in [2.24, 2.45) is 11.8 Å². The molecule has 0 aromatic carbocycles. The molecule has 0 radical (unpaired) electrons. The lowest BCUT2D eigenvalue weighted by atomic mass is 10.0. The van der Waals surface area contributed by atoms with E-state index < -0.39 is 5.97 Å². The van der Waals surface area contributed by atoms with Gasteiger partial charge in [-0.05, 0) is 25.7 Å². The van der Waals surface area contributed by atoms with Crippen molar-refractivity contribution in [3.8, 4) is 0 Å². The van der Waals surface area contributed by atoms with E-state index in [-0.39, 0.29) is 17.7 Å². The lowest BCUT2D eigenvalue weighted by Gasteiger charge is -2.10. The van der Waals surface area contributed by atoms with Gasteiger partial charge in [0, 0.05) is 12.5 Å². The Morgan fingerprint density at radius 1 is 0.952 bits per heavy atom. The summed E-state index contributed by atoms with van der Waals surface area (Å²) >= 11 is 0. The fourth-order valence-electron chi connectivity index (χ4n) is 3.06. The average Bonchev–Trinajstić information content (AvgIpc) is 2.95. The van der Waals surface area contributed by atoms with Gasteiger partial charge in [0.25, 0.3) is 0 Å². The van der Waals surface area contributed by atoms with Gasteiger partial charge in [0.05, 0.1) is 5.92 Å². The Morgan fingerprint density at radius 3 is 2.10 bits per heavy atom. The van der Waals surface area contributed by atoms with Gasteiger partial charge in [-0.1, -0.05) is 51.9 Å². The topological polar surface area (TPSA) is 66.4 Å². The van der Waals surface area contributed by atoms with Gasteiger partial charge >= 0.3 is 5.97 Å². The Labute approximate surface area is 128 Å². The highest BCUT2D eigenvalue weighted by atomic mass is 16.4. The standard InChI is InChI=1S/C17H31NO3/c1-2-3-4-5-6-7-8-9-12-18-16(19)14-10-11-15(13-14)17(20)21/h14-15H,2-13H2,1H3,(H,18,19)(H,20,21)/t14-,15+/m1/s1. The minimum Gasteiger partial charge on any atom is -0.481 e. The van der Waals surface area contributed by atoms with E-state index in [0.717, 1.165) is 19.4 Å². The zero-order valence-electron chi connectivity index (χ0n) is 13.4. The summed E-state index contributed by atoms with van der Waals surface area (Å²) in [7, 11) is 0. The quantitative estimate of drug-likeness (QED) is 0.571. The molecule has 1 rings (SSSR count). The van der Waals surface area contributed by atoms with Crippen molar-refractivity contribution in [3.63, 3.8) is 0 Å². The fourth-order valence-corrected chi connectivity index (χ4v) is 3.06. The first-order chi connectivity index (χ1) is 10.1. The van der Waals surface area contributed by atoms with Gasteiger partial charge in [-0.2, -0.15) is 0 Å². The lowest BCUT2D eigenvalue weighted by molar-refractivity contribution is -0.141. The van der Waals surface area contributed by atoms with Crippen LogP contribution in [0, 0.1) is 11.8 Å². The van der Waals surface area contributed by atoms with Crippen LogP contribution in [0.15, 0.2) is 0 Å². The molecule has 0 bridgehead atoms. The van der Waals surface area contributed by atoms with Gasteiger partial charge in [0.2, 0.25) is 5.91 Å². The van der Waals surface area contributed by atoms with Crippen LogP contribution in [0.4, 0.5) is 0 Å². The van der Waals surface area contributed by atoms with E-state index in [9.17, 15) is 9.59 Å². The first kappa shape index (κ1) is 18.0. The van der Waals surface area contributed by atoms with E-state index in [1.165, 1.54) is 44.9 Å². The minimum absolute atomic E-state index is 0.0571. The van der Waals surface area contributed by atoms with Gasteiger partial charge in [-0.25, -0.2) is 0 Å². The molecule has 0 aromatic heterocycles. The van der Waals surface area contributed by atoms with E-state index in [0.29, 0.717) is 12.8 Å². The molecule has 0 aromatic rings. The molecule has 2 atom stereocenters. The predicted octanol–water partition coefficient (Wildman–Crippen LogP) is 3.74. The number of carboxylic acids is 1. The molecule has 1 saturated carbocycles. The largest absolute Gasteiger partial charge is 0.481 e. The second kappa shape index (κ2) is 10.6. The SMILES string of the molecule is CCCCCCCCCCNC(=O)[C@@H]1CC[C@H](C(=O)O)C1. The molecule has 0 spiro atoms. The molecule has 0 heterocycles. The molecule has 1 aliphatic carbocycles. The van der Waals surface area contributed by atoms with E-state index in [4.69, 9.17) is 5.11 Å². The predicted molar refractivity (Wildman–Crippen MR) is 84.1 cm³/mol. The molecule has 4 nitrogen and oxygen atoms in total. The number of nitrogens with one attached hydrogen (secondary N) is 1. The molecule has 1 aliphatic rings. The summed E-state index contributed by atoms with van der Waals surface area (Å²) in [5.74, 6) is -1.10. The number of carboxylic acid groups (broad SMARTS) is 1. The summed E-state index contributed by atoms with van der Waals surface area (Å²) in [5, 5.41) is 11.9. The van der Waals surface area contributed by atoms with Gasteiger partial charge < -0.3 is 10.4 Å². The molecular formula is C17H31NO3. The normalized spacial score (nSPS) is 21.4. The van der Waals surface area contributed by atoms with Crippen LogP contribution in [-0.2, 0) is 9.59 Å². The average molecular weight is 297 g/mol. The fraction of sp³-hybridized carbons (Fsp3) is 0.882. The Morgan fingerprint density at radius 2 is 1.52 bits per heavy atom. The Kier molecular flexibility index (Phi) is 9.11. The van der Waals surface area contributed by atoms with Crippen LogP contribution < -0.4 is 5.32 Å². The second-order valence-electron chi connectivity index (χ2n) is 6.31. The van der Waals surface area contributed by atoms with Crippen molar-refractivity contribution in [2.75, 3.05) is 6.54 Å². The number of amides is 1. The van der Waals surface area contributed by atoms with Crippen LogP contribution in [0.3, 0.4) is 0 Å². The molecule has 122 valence electrons. The highest BCUT2D eigenvalue weighted by Gasteiger charge is 2.33. The summed E-state index contributed by atoms with van der Waals surface area (Å²) in [6.45, 7) is 2.97. The Balaban J connectivity index is 1.96. The maximum absolute atomic E-state index is 11.9. The van der Waals surface area contributed by atoms with Crippen LogP contribution in [0.1, 0.15) is 77.6 Å². The molecule has 4 heteroatoms. The molecule has 0 aliphatic heterocycles. The number of unbranched alkanes of at least 4 members (excludes halogenated alkanes) is 7. The summed E-state index contributed by atoms with van der Waals surface area (Å²) in [5.41, 5.74) is 0. The maximum Gasteiger partial charge on any atom is 0.306 e. The van der Waals surface area contributed by atoms with Crippen LogP contribution in [0.25, 0.3) is 0 Å². The van der Waals surface area contributed by atoms with E-state index in [1.54, 1.807) is 0 Å². The van der Waals surface area contributed by atoms with E-state index in [2.05, 4.69) is 12.2 Å². The number of hydrogen-bond donors (Lipinski definition) is 2. The molecule has 1 fully saturated rings. The molecular weight excluding hydrogens is 266 g/mol. The highest BCUT2D eigenvalue weighted by Crippen LogP contribution is 2.31. The lowest BCUT2D eigenvalue weighted by Crippen LogP contribution is -2.30. The third kappa shape index (κ3) is 7.49. The van der Waals surface area contributed by atoms with Crippen molar-refractivity contribution in [1.29, 1.82) is 0 Å². The van der Waals surface area contributed by atoms with Gasteiger partial charge in [-0.3, -0.25) is 9.59 Å². The Hall–Kier alpha value is -1.06. The third-order valence-corrected chi connectivity index (χ3v) is 4.48. The molecule has 21 heavy (non-hydrogen) atoms. The maximum atomic E-state index is 11.9. The summed E-state index contributed by atoms with van der Waals surface area (Å²) in [6.07, 6.45) is 12.0. The molecule has 0 saturated heterocycles. The third-order valence-electron chi connectivity index (χ3n) is 4.48. The van der Waals surface area contributed by atoms with Crippen molar-refractivity contribution < 1.29 is 14.7 Å². The Bertz CT molecular complexity index is 317. The first-order valence-corrected chi connectivity index (χ1v) is 8.65. The molecule has 2 N–H and O–H groups in total. The van der Waals surface area contributed by atoms with Crippen LogP contribution in [0.2, 0.25) is 0 Å². The minimum atomic E-state index is -0.756. The second-order valence-corrected chi connectivity index (χ2v) is 6.31. The molecule has 0 unspecified atom stereocenters. The number of aliphatic carboxylic acids is 1. The van der Waals surface area contributed by atoms with Crippen LogP contribution in [-0.4, -0.2) is 23.5 Å². The zero-order valence-corrected chi connectivity index (χ0v) is 13.4. The van der Waals surface area contributed by atoms with Crippen molar-refractivity contribution >= 4 is 11.9 Å². The monoisotopic (exact) mass is 297 g/mol. The van der Waals surface area contributed by atoms with Crippen LogP contribution >= 0.6 is 0 Å².